The monoisotopic (exact) mass is 115 g/mol. The number of aliphatic imine (C=N–C) groups is 1. The fourth-order valence-electron chi connectivity index (χ4n) is 0.557. The lowest BCUT2D eigenvalue weighted by atomic mass is 10.5. The lowest BCUT2D eigenvalue weighted by molar-refractivity contribution is 1.11. The van der Waals surface area contributed by atoms with Gasteiger partial charge in [0, 0.05) is 23.8 Å². The van der Waals surface area contributed by atoms with Gasteiger partial charge in [-0.25, -0.2) is 0 Å². The van der Waals surface area contributed by atoms with Crippen LogP contribution in [0.25, 0.3) is 0 Å². The van der Waals surface area contributed by atoms with Crippen LogP contribution in [-0.4, -0.2) is 23.8 Å². The highest BCUT2D eigenvalue weighted by Crippen LogP contribution is 2.10. The van der Waals surface area contributed by atoms with Crippen LogP contribution in [0.15, 0.2) is 4.99 Å². The zero-order valence-corrected chi connectivity index (χ0v) is 5.24. The van der Waals surface area contributed by atoms with Gasteiger partial charge in [-0.3, -0.25) is 4.99 Å². The molecule has 0 radical (unpaired) electrons. The van der Waals surface area contributed by atoms with Crippen LogP contribution < -0.4 is 0 Å². The summed E-state index contributed by atoms with van der Waals surface area (Å²) in [6.07, 6.45) is 2.02. The van der Waals surface area contributed by atoms with Crippen molar-refractivity contribution in [3.8, 4) is 0 Å². The number of hydrogen-bond donors (Lipinski definition) is 0. The van der Waals surface area contributed by atoms with Crippen molar-refractivity contribution in [3.05, 3.63) is 0 Å². The zero-order chi connectivity index (χ0) is 5.11. The maximum atomic E-state index is 4.11. The van der Waals surface area contributed by atoms with Gasteiger partial charge in [-0.2, -0.15) is 11.8 Å². The van der Waals surface area contributed by atoms with E-state index in [-0.39, 0.29) is 0 Å². The molecule has 0 fully saturated rings. The molecule has 0 amide bonds. The summed E-state index contributed by atoms with van der Waals surface area (Å²) >= 11 is 1.97. The van der Waals surface area contributed by atoms with Gasteiger partial charge in [-0.1, -0.05) is 0 Å². The maximum Gasteiger partial charge on any atom is 0.0476 e. The molecule has 1 heterocycles. The third-order valence-corrected chi connectivity index (χ3v) is 1.98. The van der Waals surface area contributed by atoms with Crippen LogP contribution in [0.3, 0.4) is 0 Å². The molecule has 1 aliphatic rings. The molecule has 1 atom stereocenters. The van der Waals surface area contributed by atoms with E-state index in [9.17, 15) is 0 Å². The minimum absolute atomic E-state index is 0.661. The third-order valence-electron chi connectivity index (χ3n) is 0.916. The summed E-state index contributed by atoms with van der Waals surface area (Å²) in [6.45, 7) is 3.20. The molecule has 0 aliphatic carbocycles. The average molecular weight is 115 g/mol. The average Bonchev–Trinajstić information content (AvgIpc) is 1.69. The minimum Gasteiger partial charge on any atom is -0.296 e. The molecule has 0 saturated heterocycles. The Balaban J connectivity index is 2.36. The van der Waals surface area contributed by atoms with Crippen LogP contribution >= 0.6 is 11.8 Å². The first-order valence-electron chi connectivity index (χ1n) is 2.51. The molecule has 0 aromatic rings. The number of nitrogens with zero attached hydrogens (tertiary/aromatic N) is 1. The molecule has 1 nitrogen and oxygen atoms in total. The Hall–Kier alpha value is 0.0200. The molecule has 0 aromatic heterocycles. The van der Waals surface area contributed by atoms with Gasteiger partial charge in [0.25, 0.3) is 0 Å². The topological polar surface area (TPSA) is 12.4 Å². The molecular formula is C5H9NS. The van der Waals surface area contributed by atoms with E-state index in [1.807, 2.05) is 18.0 Å². The summed E-state index contributed by atoms with van der Waals surface area (Å²) in [4.78, 5) is 4.11. The minimum atomic E-state index is 0.661. The van der Waals surface area contributed by atoms with Gasteiger partial charge >= 0.3 is 0 Å². The Morgan fingerprint density at radius 3 is 3.00 bits per heavy atom. The molecular weight excluding hydrogens is 106 g/mol. The van der Waals surface area contributed by atoms with Crippen LogP contribution in [0.2, 0.25) is 0 Å². The fourth-order valence-corrected chi connectivity index (χ4v) is 1.31. The summed E-state index contributed by atoms with van der Waals surface area (Å²) in [6, 6.07) is 0. The molecule has 0 spiro atoms. The Labute approximate surface area is 48.2 Å². The van der Waals surface area contributed by atoms with Gasteiger partial charge in [-0.15, -0.1) is 0 Å². The first kappa shape index (κ1) is 5.16. The van der Waals surface area contributed by atoms with Gasteiger partial charge in [0.2, 0.25) is 0 Å². The zero-order valence-electron chi connectivity index (χ0n) is 4.42. The van der Waals surface area contributed by atoms with Crippen LogP contribution in [0.1, 0.15) is 6.92 Å². The second kappa shape index (κ2) is 2.36. The first-order valence-corrected chi connectivity index (χ1v) is 3.56. The van der Waals surface area contributed by atoms with Gasteiger partial charge < -0.3 is 0 Å². The molecule has 2 heteroatoms. The van der Waals surface area contributed by atoms with E-state index in [1.54, 1.807) is 0 Å². The molecule has 1 aliphatic heterocycles. The van der Waals surface area contributed by atoms with Crippen molar-refractivity contribution in [2.45, 2.75) is 12.2 Å². The standard InChI is InChI=1S/C5H9NS/c1-5-4-6-2-3-7-5/h4-5H,2-3H2,1H3. The van der Waals surface area contributed by atoms with Gasteiger partial charge in [0.15, 0.2) is 0 Å². The molecule has 0 N–H and O–H groups in total. The molecule has 0 aromatic carbocycles. The molecule has 1 unspecified atom stereocenters. The van der Waals surface area contributed by atoms with Gasteiger partial charge in [0.05, 0.1) is 0 Å². The highest BCUT2D eigenvalue weighted by molar-refractivity contribution is 8.00. The Morgan fingerprint density at radius 2 is 2.71 bits per heavy atom. The highest BCUT2D eigenvalue weighted by Gasteiger charge is 2.00. The second-order valence-electron chi connectivity index (χ2n) is 1.63. The lowest BCUT2D eigenvalue weighted by Gasteiger charge is -2.07. The maximum absolute atomic E-state index is 4.11. The van der Waals surface area contributed by atoms with Crippen LogP contribution in [0, 0.1) is 0 Å². The summed E-state index contributed by atoms with van der Waals surface area (Å²) in [5.74, 6) is 1.21. The summed E-state index contributed by atoms with van der Waals surface area (Å²) in [7, 11) is 0. The van der Waals surface area contributed by atoms with Crippen LogP contribution in [0.4, 0.5) is 0 Å². The molecule has 40 valence electrons. The third kappa shape index (κ3) is 1.51. The number of thioether (sulfide) groups is 1. The van der Waals surface area contributed by atoms with Crippen LogP contribution in [-0.2, 0) is 0 Å². The van der Waals surface area contributed by atoms with E-state index < -0.39 is 0 Å². The largest absolute Gasteiger partial charge is 0.296 e. The van der Waals surface area contributed by atoms with E-state index in [0.29, 0.717) is 5.25 Å². The molecule has 0 saturated carbocycles. The van der Waals surface area contributed by atoms with E-state index >= 15 is 0 Å². The van der Waals surface area contributed by atoms with E-state index in [0.717, 1.165) is 6.54 Å². The van der Waals surface area contributed by atoms with Gasteiger partial charge in [-0.05, 0) is 6.92 Å². The predicted molar refractivity (Wildman–Crippen MR) is 35.3 cm³/mol. The second-order valence-corrected chi connectivity index (χ2v) is 3.12. The SMILES string of the molecule is CC1C=NCCS1. The lowest BCUT2D eigenvalue weighted by Crippen LogP contribution is -2.06. The van der Waals surface area contributed by atoms with Crippen molar-refractivity contribution >= 4 is 18.0 Å². The molecule has 1 rings (SSSR count). The van der Waals surface area contributed by atoms with E-state index in [2.05, 4.69) is 11.9 Å². The molecule has 7 heavy (non-hydrogen) atoms. The number of hydrogen-bond acceptors (Lipinski definition) is 2. The molecule has 0 bridgehead atoms. The Bertz CT molecular complexity index is 80.1. The van der Waals surface area contributed by atoms with Crippen LogP contribution in [0.5, 0.6) is 0 Å². The Morgan fingerprint density at radius 1 is 1.86 bits per heavy atom. The predicted octanol–water partition coefficient (Wildman–Crippen LogP) is 1.19. The quantitative estimate of drug-likeness (QED) is 0.462. The van der Waals surface area contributed by atoms with E-state index in [4.69, 9.17) is 0 Å². The first-order chi connectivity index (χ1) is 3.39. The highest BCUT2D eigenvalue weighted by atomic mass is 32.2. The van der Waals surface area contributed by atoms with Crippen molar-refractivity contribution in [2.75, 3.05) is 12.3 Å². The Kier molecular flexibility index (Phi) is 1.74. The normalized spacial score (nSPS) is 30.7. The van der Waals surface area contributed by atoms with Crippen molar-refractivity contribution < 1.29 is 0 Å². The van der Waals surface area contributed by atoms with Crippen molar-refractivity contribution in [1.29, 1.82) is 0 Å². The van der Waals surface area contributed by atoms with Crippen molar-refractivity contribution in [2.24, 2.45) is 4.99 Å². The summed E-state index contributed by atoms with van der Waals surface area (Å²) in [5, 5.41) is 0.661. The van der Waals surface area contributed by atoms with Gasteiger partial charge in [0.1, 0.15) is 0 Å². The number of rotatable bonds is 0. The van der Waals surface area contributed by atoms with Crippen molar-refractivity contribution in [1.82, 2.24) is 0 Å². The van der Waals surface area contributed by atoms with E-state index in [1.165, 1.54) is 5.75 Å². The fraction of sp³-hybridized carbons (Fsp3) is 0.800. The summed E-state index contributed by atoms with van der Waals surface area (Å²) < 4.78 is 0. The smallest absolute Gasteiger partial charge is 0.0476 e. The van der Waals surface area contributed by atoms with Crippen molar-refractivity contribution in [3.63, 3.8) is 0 Å². The summed E-state index contributed by atoms with van der Waals surface area (Å²) in [5.41, 5.74) is 0.